The standard InChI is InChI=1S/C13H12N2O4/c1-3-4-12(17)15-11-6-5-9(14-8(2)16)7-10(11)13(18)19/h5-7H,1-2H3,(H,14,16)(H,15,17)(H,18,19). The maximum atomic E-state index is 11.3. The van der Waals surface area contributed by atoms with Crippen LogP contribution in [-0.2, 0) is 9.59 Å². The molecule has 0 aliphatic carbocycles. The highest BCUT2D eigenvalue weighted by atomic mass is 16.4. The van der Waals surface area contributed by atoms with Crippen LogP contribution in [0.4, 0.5) is 11.4 Å². The molecule has 2 amide bonds. The molecule has 0 heterocycles. The Morgan fingerprint density at radius 1 is 1.21 bits per heavy atom. The normalized spacial score (nSPS) is 8.95. The summed E-state index contributed by atoms with van der Waals surface area (Å²) in [5.74, 6) is 2.52. The summed E-state index contributed by atoms with van der Waals surface area (Å²) >= 11 is 0. The Bertz CT molecular complexity index is 596. The maximum absolute atomic E-state index is 11.3. The third kappa shape index (κ3) is 4.16. The molecule has 0 aliphatic rings. The van der Waals surface area contributed by atoms with Gasteiger partial charge in [0.05, 0.1) is 11.3 Å². The lowest BCUT2D eigenvalue weighted by atomic mass is 10.1. The lowest BCUT2D eigenvalue weighted by Crippen LogP contribution is -2.13. The molecule has 1 aromatic rings. The SMILES string of the molecule is CC#CC(=O)Nc1ccc(NC(C)=O)cc1C(=O)O. The number of benzene rings is 1. The summed E-state index contributed by atoms with van der Waals surface area (Å²) in [5.41, 5.74) is 0.330. The zero-order chi connectivity index (χ0) is 14.4. The van der Waals surface area contributed by atoms with Gasteiger partial charge in [-0.05, 0) is 31.0 Å². The van der Waals surface area contributed by atoms with Crippen molar-refractivity contribution in [2.75, 3.05) is 10.6 Å². The van der Waals surface area contributed by atoms with Crippen LogP contribution < -0.4 is 10.6 Å². The Balaban J connectivity index is 3.10. The highest BCUT2D eigenvalue weighted by Gasteiger charge is 2.13. The molecule has 0 unspecified atom stereocenters. The Kier molecular flexibility index (Phi) is 4.66. The average Bonchev–Trinajstić information content (AvgIpc) is 2.30. The van der Waals surface area contributed by atoms with E-state index in [9.17, 15) is 14.4 Å². The number of anilines is 2. The van der Waals surface area contributed by atoms with Crippen LogP contribution >= 0.6 is 0 Å². The van der Waals surface area contributed by atoms with Gasteiger partial charge in [0, 0.05) is 12.6 Å². The van der Waals surface area contributed by atoms with Gasteiger partial charge in [-0.15, -0.1) is 0 Å². The van der Waals surface area contributed by atoms with Crippen LogP contribution in [0, 0.1) is 11.8 Å². The van der Waals surface area contributed by atoms with Crippen molar-refractivity contribution in [3.8, 4) is 11.8 Å². The molecular formula is C13H12N2O4. The zero-order valence-electron chi connectivity index (χ0n) is 10.4. The van der Waals surface area contributed by atoms with Gasteiger partial charge in [-0.25, -0.2) is 4.79 Å². The second-order valence-corrected chi connectivity index (χ2v) is 3.58. The molecule has 6 heteroatoms. The molecule has 0 aromatic heterocycles. The summed E-state index contributed by atoms with van der Waals surface area (Å²) < 4.78 is 0. The number of carbonyl (C=O) groups excluding carboxylic acids is 2. The first-order valence-corrected chi connectivity index (χ1v) is 5.32. The van der Waals surface area contributed by atoms with Gasteiger partial charge in [-0.1, -0.05) is 5.92 Å². The number of nitrogens with one attached hydrogen (secondary N) is 2. The van der Waals surface area contributed by atoms with Gasteiger partial charge in [-0.3, -0.25) is 9.59 Å². The van der Waals surface area contributed by atoms with Crippen molar-refractivity contribution >= 4 is 29.2 Å². The number of carboxylic acid groups (broad SMARTS) is 1. The summed E-state index contributed by atoms with van der Waals surface area (Å²) in [4.78, 5) is 33.3. The molecule has 19 heavy (non-hydrogen) atoms. The minimum Gasteiger partial charge on any atom is -0.478 e. The molecule has 0 fully saturated rings. The lowest BCUT2D eigenvalue weighted by molar-refractivity contribution is -0.114. The second-order valence-electron chi connectivity index (χ2n) is 3.58. The first-order chi connectivity index (χ1) is 8.93. The fourth-order valence-electron chi connectivity index (χ4n) is 1.38. The quantitative estimate of drug-likeness (QED) is 0.714. The number of carboxylic acids is 1. The molecule has 0 saturated carbocycles. The molecule has 0 atom stereocenters. The van der Waals surface area contributed by atoms with Crippen molar-refractivity contribution in [1.82, 2.24) is 0 Å². The number of hydrogen-bond acceptors (Lipinski definition) is 3. The number of hydrogen-bond donors (Lipinski definition) is 3. The van der Waals surface area contributed by atoms with Crippen LogP contribution in [0.5, 0.6) is 0 Å². The van der Waals surface area contributed by atoms with Crippen molar-refractivity contribution in [2.45, 2.75) is 13.8 Å². The van der Waals surface area contributed by atoms with E-state index >= 15 is 0 Å². The number of aromatic carboxylic acids is 1. The van der Waals surface area contributed by atoms with E-state index in [1.54, 1.807) is 0 Å². The molecule has 0 spiro atoms. The Hall–Kier alpha value is -2.81. The Morgan fingerprint density at radius 3 is 2.42 bits per heavy atom. The summed E-state index contributed by atoms with van der Waals surface area (Å²) in [6, 6.07) is 4.14. The summed E-state index contributed by atoms with van der Waals surface area (Å²) in [6.07, 6.45) is 0. The van der Waals surface area contributed by atoms with Crippen molar-refractivity contribution in [3.63, 3.8) is 0 Å². The summed E-state index contributed by atoms with van der Waals surface area (Å²) in [6.45, 7) is 2.81. The van der Waals surface area contributed by atoms with Crippen molar-refractivity contribution in [1.29, 1.82) is 0 Å². The highest BCUT2D eigenvalue weighted by Crippen LogP contribution is 2.20. The third-order valence-corrected chi connectivity index (χ3v) is 2.06. The van der Waals surface area contributed by atoms with E-state index in [0.717, 1.165) is 0 Å². The largest absolute Gasteiger partial charge is 0.478 e. The van der Waals surface area contributed by atoms with Crippen LogP contribution in [0.2, 0.25) is 0 Å². The minimum absolute atomic E-state index is 0.120. The molecule has 98 valence electrons. The minimum atomic E-state index is -1.22. The number of amides is 2. The summed E-state index contributed by atoms with van der Waals surface area (Å²) in [7, 11) is 0. The van der Waals surface area contributed by atoms with Gasteiger partial charge < -0.3 is 15.7 Å². The zero-order valence-corrected chi connectivity index (χ0v) is 10.4. The second kappa shape index (κ2) is 6.21. The van der Waals surface area contributed by atoms with Crippen molar-refractivity contribution in [3.05, 3.63) is 23.8 Å². The van der Waals surface area contributed by atoms with Crippen LogP contribution in [0.15, 0.2) is 18.2 Å². The fraction of sp³-hybridized carbons (Fsp3) is 0.154. The van der Waals surface area contributed by atoms with Gasteiger partial charge in [0.15, 0.2) is 0 Å². The number of rotatable bonds is 3. The van der Waals surface area contributed by atoms with E-state index in [1.165, 1.54) is 32.0 Å². The van der Waals surface area contributed by atoms with Gasteiger partial charge in [0.1, 0.15) is 0 Å². The first-order valence-electron chi connectivity index (χ1n) is 5.32. The topological polar surface area (TPSA) is 95.5 Å². The van der Waals surface area contributed by atoms with Crippen LogP contribution in [-0.4, -0.2) is 22.9 Å². The lowest BCUT2D eigenvalue weighted by Gasteiger charge is -2.09. The van der Waals surface area contributed by atoms with E-state index in [2.05, 4.69) is 22.5 Å². The van der Waals surface area contributed by atoms with Crippen LogP contribution in [0.1, 0.15) is 24.2 Å². The Labute approximate surface area is 109 Å². The molecule has 0 bridgehead atoms. The van der Waals surface area contributed by atoms with Crippen LogP contribution in [0.25, 0.3) is 0 Å². The first kappa shape index (κ1) is 14.3. The molecule has 1 aromatic carbocycles. The highest BCUT2D eigenvalue weighted by molar-refractivity contribution is 6.08. The van der Waals surface area contributed by atoms with Gasteiger partial charge in [0.25, 0.3) is 5.91 Å². The van der Waals surface area contributed by atoms with Gasteiger partial charge in [-0.2, -0.15) is 0 Å². The van der Waals surface area contributed by atoms with E-state index < -0.39 is 11.9 Å². The summed E-state index contributed by atoms with van der Waals surface area (Å²) in [5, 5.41) is 13.9. The average molecular weight is 260 g/mol. The molecule has 6 nitrogen and oxygen atoms in total. The van der Waals surface area contributed by atoms with Gasteiger partial charge >= 0.3 is 5.97 Å². The predicted molar refractivity (Wildman–Crippen MR) is 69.8 cm³/mol. The number of carbonyl (C=O) groups is 3. The van der Waals surface area contributed by atoms with Crippen LogP contribution in [0.3, 0.4) is 0 Å². The third-order valence-electron chi connectivity index (χ3n) is 2.06. The molecule has 0 saturated heterocycles. The molecule has 0 aliphatic heterocycles. The monoisotopic (exact) mass is 260 g/mol. The van der Waals surface area contributed by atoms with E-state index in [0.29, 0.717) is 5.69 Å². The van der Waals surface area contributed by atoms with Gasteiger partial charge in [0.2, 0.25) is 5.91 Å². The smallest absolute Gasteiger partial charge is 0.337 e. The predicted octanol–water partition coefficient (Wildman–Crippen LogP) is 1.30. The van der Waals surface area contributed by atoms with E-state index in [1.807, 2.05) is 0 Å². The molecule has 1 rings (SSSR count). The van der Waals surface area contributed by atoms with E-state index in [4.69, 9.17) is 5.11 Å². The van der Waals surface area contributed by atoms with E-state index in [-0.39, 0.29) is 17.2 Å². The van der Waals surface area contributed by atoms with Crippen molar-refractivity contribution < 1.29 is 19.5 Å². The fourth-order valence-corrected chi connectivity index (χ4v) is 1.38. The Morgan fingerprint density at radius 2 is 1.89 bits per heavy atom. The maximum Gasteiger partial charge on any atom is 0.337 e. The van der Waals surface area contributed by atoms with Crippen molar-refractivity contribution in [2.24, 2.45) is 0 Å². The molecular weight excluding hydrogens is 248 g/mol. The molecule has 3 N–H and O–H groups in total. The molecule has 0 radical (unpaired) electrons.